The number of carboxylic acid groups (broad SMARTS) is 1. The molecule has 2 atom stereocenters. The van der Waals surface area contributed by atoms with Gasteiger partial charge in [-0.15, -0.1) is 0 Å². The van der Waals surface area contributed by atoms with Crippen LogP contribution in [0, 0.1) is 5.92 Å². The summed E-state index contributed by atoms with van der Waals surface area (Å²) >= 11 is 0. The van der Waals surface area contributed by atoms with Crippen molar-refractivity contribution in [3.8, 4) is 0 Å². The van der Waals surface area contributed by atoms with Gasteiger partial charge < -0.3 is 5.11 Å². The predicted molar refractivity (Wildman–Crippen MR) is 82.0 cm³/mol. The molecule has 3 rings (SSSR count). The van der Waals surface area contributed by atoms with Crippen LogP contribution >= 0.6 is 0 Å². The molecule has 1 heterocycles. The fourth-order valence-corrected chi connectivity index (χ4v) is 3.11. The van der Waals surface area contributed by atoms with Crippen LogP contribution in [-0.2, 0) is 4.79 Å². The van der Waals surface area contributed by atoms with Gasteiger partial charge in [0.1, 0.15) is 0 Å². The summed E-state index contributed by atoms with van der Waals surface area (Å²) in [7, 11) is 0. The van der Waals surface area contributed by atoms with Crippen LogP contribution in [0.3, 0.4) is 0 Å². The van der Waals surface area contributed by atoms with Crippen LogP contribution in [0.4, 0.5) is 0 Å². The minimum Gasteiger partial charge on any atom is -0.481 e. The molecule has 1 fully saturated rings. The number of benzene rings is 2. The smallest absolute Gasteiger partial charge is 0.309 e. The van der Waals surface area contributed by atoms with Crippen molar-refractivity contribution < 1.29 is 9.90 Å². The first-order chi connectivity index (χ1) is 10.2. The summed E-state index contributed by atoms with van der Waals surface area (Å²) < 4.78 is 0. The van der Waals surface area contributed by atoms with Crippen molar-refractivity contribution in [2.24, 2.45) is 5.92 Å². The van der Waals surface area contributed by atoms with Gasteiger partial charge in [-0.3, -0.25) is 9.69 Å². The fourth-order valence-electron chi connectivity index (χ4n) is 3.11. The Hall–Kier alpha value is -2.13. The van der Waals surface area contributed by atoms with E-state index < -0.39 is 5.97 Å². The number of carboxylic acids is 1. The summed E-state index contributed by atoms with van der Waals surface area (Å²) in [5.74, 6) is -0.960. The highest BCUT2D eigenvalue weighted by Gasteiger charge is 2.44. The Morgan fingerprint density at radius 1 is 1.05 bits per heavy atom. The van der Waals surface area contributed by atoms with Gasteiger partial charge in [0.25, 0.3) is 0 Å². The molecule has 3 nitrogen and oxygen atoms in total. The van der Waals surface area contributed by atoms with Gasteiger partial charge in [0, 0.05) is 12.6 Å². The zero-order valence-corrected chi connectivity index (χ0v) is 12.0. The Morgan fingerprint density at radius 2 is 1.52 bits per heavy atom. The predicted octanol–water partition coefficient (Wildman–Crippen LogP) is 3.18. The van der Waals surface area contributed by atoms with E-state index in [4.69, 9.17) is 0 Å². The molecular weight excluding hydrogens is 262 g/mol. The quantitative estimate of drug-likeness (QED) is 0.935. The molecule has 1 aliphatic rings. The maximum atomic E-state index is 11.2. The molecule has 0 aliphatic carbocycles. The van der Waals surface area contributed by atoms with Gasteiger partial charge in [0.05, 0.1) is 12.0 Å². The summed E-state index contributed by atoms with van der Waals surface area (Å²) in [6, 6.07) is 20.7. The van der Waals surface area contributed by atoms with E-state index in [1.807, 2.05) is 43.3 Å². The van der Waals surface area contributed by atoms with Crippen molar-refractivity contribution in [3.63, 3.8) is 0 Å². The molecular formula is C18H19NO2. The number of rotatable bonds is 4. The first-order valence-corrected chi connectivity index (χ1v) is 7.27. The highest BCUT2D eigenvalue weighted by Crippen LogP contribution is 2.38. The third-order valence-electron chi connectivity index (χ3n) is 4.39. The maximum absolute atomic E-state index is 11.2. The first kappa shape index (κ1) is 13.8. The maximum Gasteiger partial charge on any atom is 0.309 e. The van der Waals surface area contributed by atoms with Gasteiger partial charge >= 0.3 is 5.97 Å². The lowest BCUT2D eigenvalue weighted by Crippen LogP contribution is -2.58. The number of hydrogen-bond donors (Lipinski definition) is 1. The Bertz CT molecular complexity index is 572. The number of carbonyl (C=O) groups is 1. The summed E-state index contributed by atoms with van der Waals surface area (Å²) in [5.41, 5.74) is 2.42. The number of hydrogen-bond acceptors (Lipinski definition) is 2. The lowest BCUT2D eigenvalue weighted by atomic mass is 9.84. The van der Waals surface area contributed by atoms with Crippen molar-refractivity contribution in [1.82, 2.24) is 4.90 Å². The topological polar surface area (TPSA) is 40.5 Å². The van der Waals surface area contributed by atoms with Crippen molar-refractivity contribution in [1.29, 1.82) is 0 Å². The second-order valence-corrected chi connectivity index (χ2v) is 5.61. The van der Waals surface area contributed by atoms with Crippen LogP contribution in [0.15, 0.2) is 60.7 Å². The molecule has 0 bridgehead atoms. The fraction of sp³-hybridized carbons (Fsp3) is 0.278. The Balaban J connectivity index is 1.94. The second kappa shape index (κ2) is 5.70. The monoisotopic (exact) mass is 281 g/mol. The van der Waals surface area contributed by atoms with Gasteiger partial charge in [-0.25, -0.2) is 0 Å². The van der Waals surface area contributed by atoms with Gasteiger partial charge in [-0.1, -0.05) is 60.7 Å². The molecule has 2 aromatic carbocycles. The molecule has 1 N–H and O–H groups in total. The molecule has 0 unspecified atom stereocenters. The third kappa shape index (κ3) is 2.57. The van der Waals surface area contributed by atoms with Crippen molar-refractivity contribution in [2.45, 2.75) is 19.0 Å². The number of likely N-dealkylation sites (tertiary alicyclic amines) is 1. The molecule has 108 valence electrons. The largest absolute Gasteiger partial charge is 0.481 e. The van der Waals surface area contributed by atoms with Gasteiger partial charge in [0.15, 0.2) is 0 Å². The van der Waals surface area contributed by atoms with E-state index in [1.54, 1.807) is 0 Å². The van der Waals surface area contributed by atoms with E-state index in [2.05, 4.69) is 29.2 Å². The van der Waals surface area contributed by atoms with E-state index in [0.717, 1.165) is 0 Å². The minimum atomic E-state index is -0.696. The molecule has 21 heavy (non-hydrogen) atoms. The SMILES string of the molecule is C[C@@H]1[C@@H](C(=O)O)CN1C(c1ccccc1)c1ccccc1. The molecule has 0 amide bonds. The van der Waals surface area contributed by atoms with Crippen LogP contribution < -0.4 is 0 Å². The van der Waals surface area contributed by atoms with Crippen LogP contribution in [0.1, 0.15) is 24.1 Å². The standard InChI is InChI=1S/C18H19NO2/c1-13-16(18(20)21)12-19(13)17(14-8-4-2-5-9-14)15-10-6-3-7-11-15/h2-11,13,16-17H,12H2,1H3,(H,20,21)/t13-,16+/m1/s1. The number of aliphatic carboxylic acids is 1. The summed E-state index contributed by atoms with van der Waals surface area (Å²) in [6.45, 7) is 2.60. The van der Waals surface area contributed by atoms with Crippen molar-refractivity contribution >= 4 is 5.97 Å². The van der Waals surface area contributed by atoms with Crippen molar-refractivity contribution in [3.05, 3.63) is 71.8 Å². The lowest BCUT2D eigenvalue weighted by Gasteiger charge is -2.49. The molecule has 1 aliphatic heterocycles. The van der Waals surface area contributed by atoms with Crippen molar-refractivity contribution in [2.75, 3.05) is 6.54 Å². The lowest BCUT2D eigenvalue weighted by molar-refractivity contribution is -0.153. The Kier molecular flexibility index (Phi) is 3.76. The Labute approximate surface area is 124 Å². The number of nitrogens with zero attached hydrogens (tertiary/aromatic N) is 1. The van der Waals surface area contributed by atoms with E-state index >= 15 is 0 Å². The summed E-state index contributed by atoms with van der Waals surface area (Å²) in [4.78, 5) is 13.5. The molecule has 0 saturated carbocycles. The Morgan fingerprint density at radius 3 is 1.90 bits per heavy atom. The summed E-state index contributed by atoms with van der Waals surface area (Å²) in [5, 5.41) is 9.22. The van der Waals surface area contributed by atoms with E-state index in [-0.39, 0.29) is 18.0 Å². The molecule has 2 aromatic rings. The zero-order chi connectivity index (χ0) is 14.8. The first-order valence-electron chi connectivity index (χ1n) is 7.27. The molecule has 1 saturated heterocycles. The van der Waals surface area contributed by atoms with E-state index in [1.165, 1.54) is 11.1 Å². The molecule has 3 heteroatoms. The second-order valence-electron chi connectivity index (χ2n) is 5.61. The van der Waals surface area contributed by atoms with E-state index in [0.29, 0.717) is 6.54 Å². The molecule has 0 radical (unpaired) electrons. The van der Waals surface area contributed by atoms with Gasteiger partial charge in [-0.05, 0) is 18.1 Å². The molecule has 0 spiro atoms. The average molecular weight is 281 g/mol. The zero-order valence-electron chi connectivity index (χ0n) is 12.0. The third-order valence-corrected chi connectivity index (χ3v) is 4.39. The highest BCUT2D eigenvalue weighted by atomic mass is 16.4. The van der Waals surface area contributed by atoms with Crippen LogP contribution in [0.25, 0.3) is 0 Å². The normalized spacial score (nSPS) is 22.0. The van der Waals surface area contributed by atoms with Crippen LogP contribution in [0.2, 0.25) is 0 Å². The van der Waals surface area contributed by atoms with E-state index in [9.17, 15) is 9.90 Å². The molecule has 0 aromatic heterocycles. The van der Waals surface area contributed by atoms with Crippen LogP contribution in [-0.4, -0.2) is 28.6 Å². The minimum absolute atomic E-state index is 0.0490. The summed E-state index contributed by atoms with van der Waals surface area (Å²) in [6.07, 6.45) is 0. The average Bonchev–Trinajstić information content (AvgIpc) is 2.51. The van der Waals surface area contributed by atoms with Crippen LogP contribution in [0.5, 0.6) is 0 Å². The highest BCUT2D eigenvalue weighted by molar-refractivity contribution is 5.72. The van der Waals surface area contributed by atoms with Gasteiger partial charge in [0.2, 0.25) is 0 Å². The van der Waals surface area contributed by atoms with Gasteiger partial charge in [-0.2, -0.15) is 0 Å².